The Kier molecular flexibility index (Phi) is 4.48. The first-order valence-corrected chi connectivity index (χ1v) is 8.09. The molecule has 3 nitrogen and oxygen atoms in total. The summed E-state index contributed by atoms with van der Waals surface area (Å²) >= 11 is 0. The van der Waals surface area contributed by atoms with E-state index in [4.69, 9.17) is 4.74 Å². The number of rotatable bonds is 2. The highest BCUT2D eigenvalue weighted by Gasteiger charge is 2.35. The molecule has 1 amide bonds. The zero-order valence-corrected chi connectivity index (χ0v) is 13.9. The maximum atomic E-state index is 12.5. The number of carbonyl (C=O) groups excluding carboxylic acids is 1. The van der Waals surface area contributed by atoms with Gasteiger partial charge in [0.15, 0.2) is 0 Å². The SMILES string of the molecule is C[C@H]1C[C@@H](CC(=O)N2CCOC(C)(C)C2)CC(C)(C)C1. The monoisotopic (exact) mass is 281 g/mol. The third kappa shape index (κ3) is 4.21. The van der Waals surface area contributed by atoms with Gasteiger partial charge in [-0.25, -0.2) is 0 Å². The normalized spacial score (nSPS) is 33.0. The van der Waals surface area contributed by atoms with Crippen LogP contribution in [-0.4, -0.2) is 36.1 Å². The van der Waals surface area contributed by atoms with Gasteiger partial charge in [-0.15, -0.1) is 0 Å². The van der Waals surface area contributed by atoms with Crippen LogP contribution in [0.15, 0.2) is 0 Å². The summed E-state index contributed by atoms with van der Waals surface area (Å²) in [7, 11) is 0. The molecule has 0 radical (unpaired) electrons. The highest BCUT2D eigenvalue weighted by molar-refractivity contribution is 5.76. The van der Waals surface area contributed by atoms with Crippen molar-refractivity contribution in [1.82, 2.24) is 4.90 Å². The highest BCUT2D eigenvalue weighted by atomic mass is 16.5. The van der Waals surface area contributed by atoms with E-state index in [2.05, 4.69) is 34.6 Å². The van der Waals surface area contributed by atoms with Crippen molar-refractivity contribution in [3.63, 3.8) is 0 Å². The number of hydrogen-bond donors (Lipinski definition) is 0. The minimum absolute atomic E-state index is 0.187. The second-order valence-electron chi connectivity index (χ2n) is 8.41. The molecule has 2 aliphatic rings. The number of amides is 1. The lowest BCUT2D eigenvalue weighted by molar-refractivity contribution is -0.147. The minimum Gasteiger partial charge on any atom is -0.372 e. The van der Waals surface area contributed by atoms with E-state index in [1.165, 1.54) is 19.3 Å². The third-order valence-corrected chi connectivity index (χ3v) is 4.72. The molecule has 3 heteroatoms. The van der Waals surface area contributed by atoms with Crippen molar-refractivity contribution in [2.75, 3.05) is 19.7 Å². The number of carbonyl (C=O) groups is 1. The number of nitrogens with zero attached hydrogens (tertiary/aromatic N) is 1. The second kappa shape index (κ2) is 5.67. The molecule has 0 unspecified atom stereocenters. The van der Waals surface area contributed by atoms with Gasteiger partial charge in [0.25, 0.3) is 0 Å². The molecule has 20 heavy (non-hydrogen) atoms. The van der Waals surface area contributed by atoms with Gasteiger partial charge in [0.2, 0.25) is 5.91 Å². The molecule has 116 valence electrons. The molecule has 1 saturated carbocycles. The first-order chi connectivity index (χ1) is 9.17. The molecule has 1 aliphatic carbocycles. The van der Waals surface area contributed by atoms with E-state index in [0.29, 0.717) is 23.8 Å². The minimum atomic E-state index is -0.187. The van der Waals surface area contributed by atoms with Crippen LogP contribution in [0.25, 0.3) is 0 Å². The molecule has 0 aromatic heterocycles. The molecular weight excluding hydrogens is 250 g/mol. The summed E-state index contributed by atoms with van der Waals surface area (Å²) in [6, 6.07) is 0. The van der Waals surface area contributed by atoms with Crippen LogP contribution >= 0.6 is 0 Å². The predicted octanol–water partition coefficient (Wildman–Crippen LogP) is 3.48. The molecular formula is C17H31NO2. The Morgan fingerprint density at radius 1 is 1.25 bits per heavy atom. The molecule has 2 rings (SSSR count). The first kappa shape index (κ1) is 15.8. The van der Waals surface area contributed by atoms with E-state index < -0.39 is 0 Å². The van der Waals surface area contributed by atoms with E-state index in [9.17, 15) is 4.79 Å². The summed E-state index contributed by atoms with van der Waals surface area (Å²) in [5.74, 6) is 1.64. The van der Waals surface area contributed by atoms with Gasteiger partial charge < -0.3 is 9.64 Å². The lowest BCUT2D eigenvalue weighted by atomic mass is 9.67. The van der Waals surface area contributed by atoms with E-state index in [0.717, 1.165) is 25.4 Å². The fraction of sp³-hybridized carbons (Fsp3) is 0.941. The third-order valence-electron chi connectivity index (χ3n) is 4.72. The van der Waals surface area contributed by atoms with E-state index in [1.54, 1.807) is 0 Å². The lowest BCUT2D eigenvalue weighted by Crippen LogP contribution is -2.51. The Balaban J connectivity index is 1.91. The van der Waals surface area contributed by atoms with Gasteiger partial charge in [-0.3, -0.25) is 4.79 Å². The van der Waals surface area contributed by atoms with Crippen molar-refractivity contribution in [2.45, 2.75) is 65.9 Å². The van der Waals surface area contributed by atoms with Crippen LogP contribution in [0.3, 0.4) is 0 Å². The van der Waals surface area contributed by atoms with Crippen LogP contribution in [0.5, 0.6) is 0 Å². The van der Waals surface area contributed by atoms with Crippen LogP contribution in [0.2, 0.25) is 0 Å². The van der Waals surface area contributed by atoms with Crippen LogP contribution in [-0.2, 0) is 9.53 Å². The van der Waals surface area contributed by atoms with Crippen LogP contribution < -0.4 is 0 Å². The van der Waals surface area contributed by atoms with Gasteiger partial charge in [0.05, 0.1) is 12.2 Å². The molecule has 0 aromatic rings. The summed E-state index contributed by atoms with van der Waals surface area (Å²) in [6.45, 7) is 13.3. The van der Waals surface area contributed by atoms with Crippen molar-refractivity contribution in [3.05, 3.63) is 0 Å². The predicted molar refractivity (Wildman–Crippen MR) is 81.5 cm³/mol. The summed E-state index contributed by atoms with van der Waals surface area (Å²) < 4.78 is 5.69. The number of ether oxygens (including phenoxy) is 1. The van der Waals surface area contributed by atoms with Gasteiger partial charge in [0.1, 0.15) is 0 Å². The van der Waals surface area contributed by atoms with Gasteiger partial charge >= 0.3 is 0 Å². The molecule has 2 fully saturated rings. The van der Waals surface area contributed by atoms with Gasteiger partial charge in [-0.2, -0.15) is 0 Å². The van der Waals surface area contributed by atoms with Crippen LogP contribution in [0.4, 0.5) is 0 Å². The second-order valence-corrected chi connectivity index (χ2v) is 8.41. The van der Waals surface area contributed by atoms with Crippen LogP contribution in [0, 0.1) is 17.3 Å². The topological polar surface area (TPSA) is 29.5 Å². The van der Waals surface area contributed by atoms with Crippen molar-refractivity contribution in [1.29, 1.82) is 0 Å². The zero-order chi connectivity index (χ0) is 15.0. The molecule has 0 spiro atoms. The average molecular weight is 281 g/mol. The molecule has 1 aliphatic heterocycles. The molecule has 0 aromatic carbocycles. The van der Waals surface area contributed by atoms with Gasteiger partial charge in [0, 0.05) is 19.5 Å². The van der Waals surface area contributed by atoms with E-state index >= 15 is 0 Å². The van der Waals surface area contributed by atoms with Gasteiger partial charge in [-0.1, -0.05) is 20.8 Å². The summed E-state index contributed by atoms with van der Waals surface area (Å²) in [4.78, 5) is 14.6. The smallest absolute Gasteiger partial charge is 0.223 e. The Morgan fingerprint density at radius 3 is 2.55 bits per heavy atom. The molecule has 0 bridgehead atoms. The summed E-state index contributed by atoms with van der Waals surface area (Å²) in [5, 5.41) is 0. The number of hydrogen-bond acceptors (Lipinski definition) is 2. The van der Waals surface area contributed by atoms with Crippen LogP contribution in [0.1, 0.15) is 60.3 Å². The Bertz CT molecular complexity index is 362. The molecule has 1 saturated heterocycles. The van der Waals surface area contributed by atoms with Crippen molar-refractivity contribution in [2.24, 2.45) is 17.3 Å². The molecule has 2 atom stereocenters. The largest absolute Gasteiger partial charge is 0.372 e. The molecule has 1 heterocycles. The quantitative estimate of drug-likeness (QED) is 0.775. The zero-order valence-electron chi connectivity index (χ0n) is 13.9. The molecule has 0 N–H and O–H groups in total. The highest BCUT2D eigenvalue weighted by Crippen LogP contribution is 2.43. The Hall–Kier alpha value is -0.570. The Morgan fingerprint density at radius 2 is 1.95 bits per heavy atom. The number of morpholine rings is 1. The van der Waals surface area contributed by atoms with E-state index in [-0.39, 0.29) is 5.60 Å². The van der Waals surface area contributed by atoms with Crippen molar-refractivity contribution < 1.29 is 9.53 Å². The van der Waals surface area contributed by atoms with Crippen molar-refractivity contribution in [3.8, 4) is 0 Å². The van der Waals surface area contributed by atoms with Crippen molar-refractivity contribution >= 4 is 5.91 Å². The summed E-state index contributed by atoms with van der Waals surface area (Å²) in [6.07, 6.45) is 4.42. The fourth-order valence-corrected chi connectivity index (χ4v) is 4.30. The first-order valence-electron chi connectivity index (χ1n) is 8.09. The Labute approximate surface area is 124 Å². The standard InChI is InChI=1S/C17H31NO2/c1-13-8-14(11-16(2,3)10-13)9-15(19)18-6-7-20-17(4,5)12-18/h13-14H,6-12H2,1-5H3/t13-,14-/m0/s1. The lowest BCUT2D eigenvalue weighted by Gasteiger charge is -2.41. The average Bonchev–Trinajstić information content (AvgIpc) is 2.24. The maximum Gasteiger partial charge on any atom is 0.223 e. The summed E-state index contributed by atoms with van der Waals surface area (Å²) in [5.41, 5.74) is 0.208. The van der Waals surface area contributed by atoms with Gasteiger partial charge in [-0.05, 0) is 50.4 Å². The maximum absolute atomic E-state index is 12.5. The fourth-order valence-electron chi connectivity index (χ4n) is 4.30. The van der Waals surface area contributed by atoms with E-state index in [1.807, 2.05) is 4.90 Å².